The molecular formula is C17H22N2O3S. The van der Waals surface area contributed by atoms with E-state index in [1.807, 2.05) is 25.1 Å². The summed E-state index contributed by atoms with van der Waals surface area (Å²) >= 11 is 1.31. The number of amides is 2. The summed E-state index contributed by atoms with van der Waals surface area (Å²) in [4.78, 5) is 37.1. The number of hydrogen-bond acceptors (Lipinski definition) is 4. The van der Waals surface area contributed by atoms with E-state index in [1.165, 1.54) is 11.8 Å². The Morgan fingerprint density at radius 2 is 2.00 bits per heavy atom. The Labute approximate surface area is 140 Å². The van der Waals surface area contributed by atoms with Gasteiger partial charge in [-0.2, -0.15) is 0 Å². The summed E-state index contributed by atoms with van der Waals surface area (Å²) in [6, 6.07) is 8.99. The van der Waals surface area contributed by atoms with Gasteiger partial charge in [-0.15, -0.1) is 11.8 Å². The first-order valence-corrected chi connectivity index (χ1v) is 8.95. The van der Waals surface area contributed by atoms with Crippen molar-refractivity contribution in [1.82, 2.24) is 10.2 Å². The van der Waals surface area contributed by atoms with Gasteiger partial charge in [0.15, 0.2) is 5.78 Å². The summed E-state index contributed by atoms with van der Waals surface area (Å²) < 4.78 is 0. The molecule has 0 spiro atoms. The number of carbonyl (C=O) groups is 3. The van der Waals surface area contributed by atoms with E-state index >= 15 is 0 Å². The highest BCUT2D eigenvalue weighted by atomic mass is 32.2. The first-order valence-electron chi connectivity index (χ1n) is 7.79. The predicted molar refractivity (Wildman–Crippen MR) is 91.5 cm³/mol. The molecule has 124 valence electrons. The average Bonchev–Trinajstić information content (AvgIpc) is 2.93. The van der Waals surface area contributed by atoms with Gasteiger partial charge in [-0.3, -0.25) is 14.4 Å². The quantitative estimate of drug-likeness (QED) is 0.735. The van der Waals surface area contributed by atoms with E-state index in [1.54, 1.807) is 17.0 Å². The van der Waals surface area contributed by atoms with Gasteiger partial charge in [0.2, 0.25) is 11.8 Å². The number of benzene rings is 1. The van der Waals surface area contributed by atoms with Gasteiger partial charge >= 0.3 is 0 Å². The second-order valence-electron chi connectivity index (χ2n) is 5.69. The van der Waals surface area contributed by atoms with Gasteiger partial charge in [-0.25, -0.2) is 0 Å². The standard InChI is InChI=1S/C17H22N2O3S/c1-13(10-19-9-5-8-17(19)22)18-16(21)12-23-11-15(20)14-6-3-2-4-7-14/h2-4,6-7,13H,5,8-12H2,1H3,(H,18,21)/t13-/m0/s1. The van der Waals surface area contributed by atoms with Crippen LogP contribution in [0, 0.1) is 0 Å². The molecule has 23 heavy (non-hydrogen) atoms. The van der Waals surface area contributed by atoms with Crippen LogP contribution >= 0.6 is 11.8 Å². The first kappa shape index (κ1) is 17.5. The third kappa shape index (κ3) is 5.71. The van der Waals surface area contributed by atoms with Crippen molar-refractivity contribution < 1.29 is 14.4 Å². The molecule has 1 aromatic carbocycles. The largest absolute Gasteiger partial charge is 0.351 e. The third-order valence-electron chi connectivity index (χ3n) is 3.64. The van der Waals surface area contributed by atoms with Gasteiger partial charge in [0.05, 0.1) is 11.5 Å². The van der Waals surface area contributed by atoms with Crippen LogP contribution in [0.5, 0.6) is 0 Å². The van der Waals surface area contributed by atoms with Crippen molar-refractivity contribution in [3.63, 3.8) is 0 Å². The lowest BCUT2D eigenvalue weighted by Crippen LogP contribution is -2.43. The van der Waals surface area contributed by atoms with Gasteiger partial charge in [0.25, 0.3) is 0 Å². The monoisotopic (exact) mass is 334 g/mol. The maximum absolute atomic E-state index is 11.9. The van der Waals surface area contributed by atoms with Crippen molar-refractivity contribution in [3.05, 3.63) is 35.9 Å². The fourth-order valence-electron chi connectivity index (χ4n) is 2.53. The lowest BCUT2D eigenvalue weighted by Gasteiger charge is -2.21. The predicted octanol–water partition coefficient (Wildman–Crippen LogP) is 1.73. The molecule has 5 nitrogen and oxygen atoms in total. The van der Waals surface area contributed by atoms with Crippen molar-refractivity contribution in [3.8, 4) is 0 Å². The molecule has 1 N–H and O–H groups in total. The molecule has 1 fully saturated rings. The van der Waals surface area contributed by atoms with Crippen LogP contribution in [0.4, 0.5) is 0 Å². The van der Waals surface area contributed by atoms with Gasteiger partial charge in [-0.05, 0) is 13.3 Å². The number of Topliss-reactive ketones (excluding diaryl/α,β-unsaturated/α-hetero) is 1. The Bertz CT molecular complexity index is 562. The Kier molecular flexibility index (Phi) is 6.65. The summed E-state index contributed by atoms with van der Waals surface area (Å²) in [6.07, 6.45) is 1.51. The fourth-order valence-corrected chi connectivity index (χ4v) is 3.26. The van der Waals surface area contributed by atoms with E-state index in [9.17, 15) is 14.4 Å². The molecule has 1 saturated heterocycles. The number of nitrogens with zero attached hydrogens (tertiary/aromatic N) is 1. The second kappa shape index (κ2) is 8.72. The van der Waals surface area contributed by atoms with Crippen molar-refractivity contribution in [2.75, 3.05) is 24.6 Å². The molecule has 1 heterocycles. The number of hydrogen-bond donors (Lipinski definition) is 1. The summed E-state index contributed by atoms with van der Waals surface area (Å²) in [5.74, 6) is 0.621. The van der Waals surface area contributed by atoms with Gasteiger partial charge < -0.3 is 10.2 Å². The van der Waals surface area contributed by atoms with Crippen molar-refractivity contribution in [1.29, 1.82) is 0 Å². The fraction of sp³-hybridized carbons (Fsp3) is 0.471. The molecule has 0 saturated carbocycles. The zero-order valence-electron chi connectivity index (χ0n) is 13.3. The molecule has 2 rings (SSSR count). The Balaban J connectivity index is 1.64. The highest BCUT2D eigenvalue weighted by Crippen LogP contribution is 2.10. The van der Waals surface area contributed by atoms with Crippen LogP contribution < -0.4 is 5.32 Å². The van der Waals surface area contributed by atoms with E-state index < -0.39 is 0 Å². The second-order valence-corrected chi connectivity index (χ2v) is 6.68. The summed E-state index contributed by atoms with van der Waals surface area (Å²) in [7, 11) is 0. The van der Waals surface area contributed by atoms with E-state index in [0.717, 1.165) is 13.0 Å². The molecule has 2 amide bonds. The molecule has 6 heteroatoms. The average molecular weight is 334 g/mol. The first-order chi connectivity index (χ1) is 11.1. The number of thioether (sulfide) groups is 1. The SMILES string of the molecule is C[C@@H](CN1CCCC1=O)NC(=O)CSCC(=O)c1ccccc1. The van der Waals surface area contributed by atoms with E-state index in [-0.39, 0.29) is 35.1 Å². The summed E-state index contributed by atoms with van der Waals surface area (Å²) in [5.41, 5.74) is 0.668. The van der Waals surface area contributed by atoms with E-state index in [4.69, 9.17) is 0 Å². The minimum atomic E-state index is -0.102. The number of nitrogens with one attached hydrogen (secondary N) is 1. The van der Waals surface area contributed by atoms with Crippen LogP contribution in [0.2, 0.25) is 0 Å². The minimum absolute atomic E-state index is 0.0270. The normalized spacial score (nSPS) is 15.5. The maximum atomic E-state index is 11.9. The molecule has 0 unspecified atom stereocenters. The third-order valence-corrected chi connectivity index (χ3v) is 4.57. The molecule has 1 aliphatic rings. The number of carbonyl (C=O) groups excluding carboxylic acids is 3. The van der Waals surface area contributed by atoms with Crippen LogP contribution in [-0.2, 0) is 9.59 Å². The number of likely N-dealkylation sites (tertiary alicyclic amines) is 1. The topological polar surface area (TPSA) is 66.5 Å². The molecule has 1 aromatic rings. The Morgan fingerprint density at radius 1 is 1.26 bits per heavy atom. The van der Waals surface area contributed by atoms with Crippen molar-refractivity contribution in [2.45, 2.75) is 25.8 Å². The minimum Gasteiger partial charge on any atom is -0.351 e. The zero-order valence-corrected chi connectivity index (χ0v) is 14.1. The Morgan fingerprint density at radius 3 is 2.65 bits per heavy atom. The van der Waals surface area contributed by atoms with Crippen LogP contribution in [0.3, 0.4) is 0 Å². The summed E-state index contributed by atoms with van der Waals surface area (Å²) in [5, 5.41) is 2.88. The molecule has 0 aromatic heterocycles. The van der Waals surface area contributed by atoms with Crippen LogP contribution in [0.15, 0.2) is 30.3 Å². The molecule has 0 bridgehead atoms. The van der Waals surface area contributed by atoms with Crippen LogP contribution in [0.1, 0.15) is 30.1 Å². The molecule has 1 atom stereocenters. The lowest BCUT2D eigenvalue weighted by atomic mass is 10.2. The van der Waals surface area contributed by atoms with Gasteiger partial charge in [-0.1, -0.05) is 30.3 Å². The Hall–Kier alpha value is -1.82. The number of rotatable bonds is 8. The summed E-state index contributed by atoms with van der Waals surface area (Å²) in [6.45, 7) is 3.22. The van der Waals surface area contributed by atoms with E-state index in [2.05, 4.69) is 5.32 Å². The lowest BCUT2D eigenvalue weighted by molar-refractivity contribution is -0.128. The zero-order chi connectivity index (χ0) is 16.7. The maximum Gasteiger partial charge on any atom is 0.230 e. The van der Waals surface area contributed by atoms with Crippen molar-refractivity contribution >= 4 is 29.4 Å². The molecule has 0 radical (unpaired) electrons. The molecular weight excluding hydrogens is 312 g/mol. The van der Waals surface area contributed by atoms with Crippen LogP contribution in [0.25, 0.3) is 0 Å². The van der Waals surface area contributed by atoms with Gasteiger partial charge in [0, 0.05) is 31.1 Å². The number of ketones is 1. The highest BCUT2D eigenvalue weighted by Gasteiger charge is 2.22. The van der Waals surface area contributed by atoms with Crippen molar-refractivity contribution in [2.24, 2.45) is 0 Å². The van der Waals surface area contributed by atoms with E-state index in [0.29, 0.717) is 18.5 Å². The molecule has 1 aliphatic heterocycles. The molecule has 0 aliphatic carbocycles. The highest BCUT2D eigenvalue weighted by molar-refractivity contribution is 8.00. The van der Waals surface area contributed by atoms with Gasteiger partial charge in [0.1, 0.15) is 0 Å². The van der Waals surface area contributed by atoms with Crippen LogP contribution in [-0.4, -0.2) is 53.1 Å². The smallest absolute Gasteiger partial charge is 0.230 e.